The molecule has 1 saturated carbocycles. The lowest BCUT2D eigenvalue weighted by atomic mass is 9.63. The number of amides is 3. The topological polar surface area (TPSA) is 105 Å². The molecule has 0 radical (unpaired) electrons. The van der Waals surface area contributed by atoms with Crippen LogP contribution in [0.2, 0.25) is 0 Å². The van der Waals surface area contributed by atoms with E-state index in [4.69, 9.17) is 5.73 Å². The second-order valence-electron chi connectivity index (χ2n) is 14.3. The lowest BCUT2D eigenvalue weighted by Crippen LogP contribution is -2.59. The van der Waals surface area contributed by atoms with Crippen molar-refractivity contribution in [1.29, 1.82) is 0 Å². The largest absolute Gasteiger partial charge is 0.351 e. The van der Waals surface area contributed by atoms with Gasteiger partial charge in [-0.1, -0.05) is 55.7 Å². The molecule has 238 valence electrons. The number of likely N-dealkylation sites (tertiary alicyclic amines) is 1. The predicted octanol–water partition coefficient (Wildman–Crippen LogP) is 5.22. The van der Waals surface area contributed by atoms with Gasteiger partial charge in [0.25, 0.3) is 0 Å². The highest BCUT2D eigenvalue weighted by molar-refractivity contribution is 5.90. The zero-order valence-electron chi connectivity index (χ0n) is 26.5. The van der Waals surface area contributed by atoms with Crippen LogP contribution in [0.5, 0.6) is 0 Å². The van der Waals surface area contributed by atoms with Crippen molar-refractivity contribution in [3.05, 3.63) is 71.0 Å². The average molecular weight is 605 g/mol. The van der Waals surface area contributed by atoms with E-state index in [1.54, 1.807) is 12.1 Å². The van der Waals surface area contributed by atoms with Crippen LogP contribution in [0.25, 0.3) is 0 Å². The van der Waals surface area contributed by atoms with Gasteiger partial charge in [-0.15, -0.1) is 0 Å². The molecule has 5 rings (SSSR count). The summed E-state index contributed by atoms with van der Waals surface area (Å²) in [6, 6.07) is 12.7. The maximum atomic E-state index is 14.2. The minimum Gasteiger partial charge on any atom is -0.351 e. The number of benzene rings is 2. The Balaban J connectivity index is 1.33. The third-order valence-electron chi connectivity index (χ3n) is 10.2. The van der Waals surface area contributed by atoms with Crippen LogP contribution in [0.1, 0.15) is 94.9 Å². The van der Waals surface area contributed by atoms with Gasteiger partial charge in [0.05, 0.1) is 11.3 Å². The van der Waals surface area contributed by atoms with Crippen molar-refractivity contribution in [1.82, 2.24) is 15.5 Å². The number of carbonyl (C=O) groups is 3. The van der Waals surface area contributed by atoms with E-state index in [-0.39, 0.29) is 35.5 Å². The first-order valence-electron chi connectivity index (χ1n) is 16.5. The van der Waals surface area contributed by atoms with Crippen LogP contribution >= 0.6 is 0 Å². The standard InChI is InChI=1S/C36H49FN4O3/c1-35(2,3)40-34(44)36(26-10-5-4-6-11-26)19-21-41(22-20-36)33(43)30(23-24-13-16-27(37)17-14-24)39-32(42)29-18-15-25-9-7-8-12-28(25)31(29)38/h7-9,12-14,16-17,26,29-31H,4-6,10-11,15,18-23,38H2,1-3H3,(H,39,42)(H,40,44)/t29?,30-,31?/m1/s1. The number of nitrogens with one attached hydrogen (secondary N) is 2. The first-order valence-corrected chi connectivity index (χ1v) is 16.5. The molecule has 2 aliphatic carbocycles. The quantitative estimate of drug-likeness (QED) is 0.403. The average Bonchev–Trinajstić information content (AvgIpc) is 3.01. The summed E-state index contributed by atoms with van der Waals surface area (Å²) in [6.45, 7) is 6.95. The number of piperidine rings is 1. The number of nitrogens with zero attached hydrogens (tertiary/aromatic N) is 1. The predicted molar refractivity (Wildman–Crippen MR) is 170 cm³/mol. The van der Waals surface area contributed by atoms with Crippen molar-refractivity contribution in [2.75, 3.05) is 13.1 Å². The van der Waals surface area contributed by atoms with Crippen molar-refractivity contribution in [2.45, 2.75) is 103 Å². The number of nitrogens with two attached hydrogens (primary N) is 1. The van der Waals surface area contributed by atoms with Gasteiger partial charge in [0, 0.05) is 31.1 Å². The molecule has 2 aromatic carbocycles. The third kappa shape index (κ3) is 7.17. The van der Waals surface area contributed by atoms with Crippen molar-refractivity contribution < 1.29 is 18.8 Å². The molecular weight excluding hydrogens is 555 g/mol. The van der Waals surface area contributed by atoms with E-state index >= 15 is 0 Å². The molecule has 0 spiro atoms. The molecule has 3 atom stereocenters. The molecule has 2 aromatic rings. The summed E-state index contributed by atoms with van der Waals surface area (Å²) in [4.78, 5) is 43.5. The molecule has 4 N–H and O–H groups in total. The Morgan fingerprint density at radius 1 is 0.977 bits per heavy atom. The van der Waals surface area contributed by atoms with E-state index in [0.717, 1.165) is 48.8 Å². The van der Waals surface area contributed by atoms with Crippen molar-refractivity contribution >= 4 is 17.7 Å². The molecule has 2 unspecified atom stereocenters. The Labute approximate surface area is 261 Å². The van der Waals surface area contributed by atoms with Gasteiger partial charge in [-0.3, -0.25) is 14.4 Å². The fraction of sp³-hybridized carbons (Fsp3) is 0.583. The minimum atomic E-state index is -0.817. The van der Waals surface area contributed by atoms with Crippen LogP contribution in [0.15, 0.2) is 48.5 Å². The Morgan fingerprint density at radius 2 is 1.64 bits per heavy atom. The lowest BCUT2D eigenvalue weighted by Gasteiger charge is -2.48. The van der Waals surface area contributed by atoms with Gasteiger partial charge in [-0.2, -0.15) is 0 Å². The van der Waals surface area contributed by atoms with Crippen LogP contribution < -0.4 is 16.4 Å². The Hall–Kier alpha value is -3.26. The molecule has 3 amide bonds. The Morgan fingerprint density at radius 3 is 2.30 bits per heavy atom. The van der Waals surface area contributed by atoms with Crippen LogP contribution in [0.3, 0.4) is 0 Å². The van der Waals surface area contributed by atoms with Gasteiger partial charge in [-0.05, 0) is 94.0 Å². The minimum absolute atomic E-state index is 0.103. The molecule has 3 aliphatic rings. The maximum Gasteiger partial charge on any atom is 0.245 e. The first kappa shape index (κ1) is 32.1. The van der Waals surface area contributed by atoms with Crippen molar-refractivity contribution in [2.24, 2.45) is 23.0 Å². The van der Waals surface area contributed by atoms with Crippen molar-refractivity contribution in [3.63, 3.8) is 0 Å². The molecule has 1 saturated heterocycles. The molecule has 8 heteroatoms. The number of fused-ring (bicyclic) bond motifs is 1. The van der Waals surface area contributed by atoms with Gasteiger partial charge < -0.3 is 21.3 Å². The SMILES string of the molecule is CC(C)(C)NC(=O)C1(C2CCCCC2)CCN(C(=O)[C@@H](Cc2ccc(F)cc2)NC(=O)C2CCc3ccccc3C2N)CC1. The molecule has 1 heterocycles. The second kappa shape index (κ2) is 13.4. The van der Waals surface area contributed by atoms with E-state index < -0.39 is 23.4 Å². The van der Waals surface area contributed by atoms with Gasteiger partial charge in [0.1, 0.15) is 11.9 Å². The third-order valence-corrected chi connectivity index (χ3v) is 10.2. The number of hydrogen-bond acceptors (Lipinski definition) is 4. The molecule has 0 aromatic heterocycles. The van der Waals surface area contributed by atoms with Crippen molar-refractivity contribution in [3.8, 4) is 0 Å². The lowest BCUT2D eigenvalue weighted by molar-refractivity contribution is -0.147. The highest BCUT2D eigenvalue weighted by atomic mass is 19.1. The van der Waals surface area contributed by atoms with Gasteiger partial charge >= 0.3 is 0 Å². The van der Waals surface area contributed by atoms with E-state index in [9.17, 15) is 18.8 Å². The molecule has 44 heavy (non-hydrogen) atoms. The fourth-order valence-electron chi connectivity index (χ4n) is 7.71. The molecule has 0 bridgehead atoms. The molecule has 2 fully saturated rings. The van der Waals surface area contributed by atoms with E-state index in [2.05, 4.69) is 16.7 Å². The summed E-state index contributed by atoms with van der Waals surface area (Å²) < 4.78 is 13.7. The van der Waals surface area contributed by atoms with E-state index in [0.29, 0.717) is 38.3 Å². The number of rotatable bonds is 7. The van der Waals surface area contributed by atoms with Gasteiger partial charge in [0.2, 0.25) is 17.7 Å². The van der Waals surface area contributed by atoms with Crippen LogP contribution in [0.4, 0.5) is 4.39 Å². The number of carbonyl (C=O) groups excluding carboxylic acids is 3. The van der Waals surface area contributed by atoms with Crippen LogP contribution in [-0.4, -0.2) is 47.3 Å². The van der Waals surface area contributed by atoms with Crippen LogP contribution in [-0.2, 0) is 27.2 Å². The maximum absolute atomic E-state index is 14.2. The first-order chi connectivity index (χ1) is 21.0. The molecule has 7 nitrogen and oxygen atoms in total. The summed E-state index contributed by atoms with van der Waals surface area (Å²) in [7, 11) is 0. The summed E-state index contributed by atoms with van der Waals surface area (Å²) in [5, 5.41) is 6.33. The molecule has 1 aliphatic heterocycles. The summed E-state index contributed by atoms with van der Waals surface area (Å²) in [5.41, 5.74) is 8.66. The summed E-state index contributed by atoms with van der Waals surface area (Å²) in [6.07, 6.45) is 8.38. The number of halogens is 1. The van der Waals surface area contributed by atoms with Gasteiger partial charge in [-0.25, -0.2) is 4.39 Å². The van der Waals surface area contributed by atoms with Crippen LogP contribution in [0, 0.1) is 23.1 Å². The zero-order valence-corrected chi connectivity index (χ0v) is 26.5. The highest BCUT2D eigenvalue weighted by Crippen LogP contribution is 2.46. The van der Waals surface area contributed by atoms with E-state index in [1.165, 1.54) is 18.6 Å². The Bertz CT molecular complexity index is 1320. The zero-order chi connectivity index (χ0) is 31.5. The number of aryl methyl sites for hydroxylation is 1. The second-order valence-corrected chi connectivity index (χ2v) is 14.3. The Kier molecular flexibility index (Phi) is 9.78. The van der Waals surface area contributed by atoms with E-state index in [1.807, 2.05) is 43.9 Å². The van der Waals surface area contributed by atoms with Gasteiger partial charge in [0.15, 0.2) is 0 Å². The molecular formula is C36H49FN4O3. The smallest absolute Gasteiger partial charge is 0.245 e. The highest BCUT2D eigenvalue weighted by Gasteiger charge is 2.49. The normalized spacial score (nSPS) is 22.9. The number of hydrogen-bond donors (Lipinski definition) is 3. The monoisotopic (exact) mass is 604 g/mol. The summed E-state index contributed by atoms with van der Waals surface area (Å²) >= 11 is 0. The summed E-state index contributed by atoms with van der Waals surface area (Å²) in [5.74, 6) is -0.787. The fourth-order valence-corrected chi connectivity index (χ4v) is 7.71.